The third kappa shape index (κ3) is 6.10. The predicted molar refractivity (Wildman–Crippen MR) is 131 cm³/mol. The Hall–Kier alpha value is -1.93. The van der Waals surface area contributed by atoms with Gasteiger partial charge in [0.1, 0.15) is 11.5 Å². The molecule has 3 rings (SSSR count). The van der Waals surface area contributed by atoms with Gasteiger partial charge < -0.3 is 20.6 Å². The zero-order chi connectivity index (χ0) is 23.5. The molecule has 3 N–H and O–H groups in total. The van der Waals surface area contributed by atoms with E-state index in [1.165, 1.54) is 11.8 Å². The maximum absolute atomic E-state index is 12.9. The summed E-state index contributed by atoms with van der Waals surface area (Å²) in [6.07, 6.45) is -0.892. The normalized spacial score (nSPS) is 17.2. The molecule has 172 valence electrons. The van der Waals surface area contributed by atoms with Crippen molar-refractivity contribution >= 4 is 52.6 Å². The van der Waals surface area contributed by atoms with Crippen LogP contribution < -0.4 is 10.6 Å². The van der Waals surface area contributed by atoms with E-state index in [0.29, 0.717) is 34.4 Å². The summed E-state index contributed by atoms with van der Waals surface area (Å²) in [6.45, 7) is 6.54. The smallest absolute Gasteiger partial charge is 0.322 e. The number of aliphatic hydroxyl groups is 1. The maximum atomic E-state index is 12.9. The predicted octanol–water partition coefficient (Wildman–Crippen LogP) is 5.30. The van der Waals surface area contributed by atoms with Gasteiger partial charge in [-0.05, 0) is 35.4 Å². The van der Waals surface area contributed by atoms with Crippen LogP contribution in [-0.2, 0) is 11.3 Å². The number of nitrogens with one attached hydrogen (secondary N) is 2. The van der Waals surface area contributed by atoms with Crippen molar-refractivity contribution in [1.29, 1.82) is 0 Å². The summed E-state index contributed by atoms with van der Waals surface area (Å²) in [5.41, 5.74) is 1.74. The molecule has 2 aromatic carbocycles. The molecule has 0 bridgehead atoms. The molecule has 2 atom stereocenters. The molecule has 3 amide bonds. The van der Waals surface area contributed by atoms with Crippen LogP contribution in [0.5, 0.6) is 0 Å². The number of anilines is 1. The van der Waals surface area contributed by atoms with E-state index >= 15 is 0 Å². The first-order valence-electron chi connectivity index (χ1n) is 10.3. The van der Waals surface area contributed by atoms with Crippen LogP contribution in [0.2, 0.25) is 10.0 Å². The number of benzene rings is 2. The number of rotatable bonds is 5. The quantitative estimate of drug-likeness (QED) is 0.525. The van der Waals surface area contributed by atoms with Gasteiger partial charge in [-0.15, -0.1) is 11.8 Å². The lowest BCUT2D eigenvalue weighted by atomic mass is 9.95. The van der Waals surface area contributed by atoms with Gasteiger partial charge in [0.15, 0.2) is 0 Å². The fourth-order valence-corrected chi connectivity index (χ4v) is 4.75. The number of thioether (sulfide) groups is 1. The van der Waals surface area contributed by atoms with Crippen molar-refractivity contribution in [2.45, 2.75) is 38.8 Å². The van der Waals surface area contributed by atoms with E-state index in [1.807, 2.05) is 32.9 Å². The molecule has 0 aromatic heterocycles. The molecule has 32 heavy (non-hydrogen) atoms. The number of carbonyl (C=O) groups excluding carboxylic acids is 2. The second-order valence-electron chi connectivity index (χ2n) is 8.63. The van der Waals surface area contributed by atoms with E-state index in [1.54, 1.807) is 35.2 Å². The lowest BCUT2D eigenvalue weighted by Crippen LogP contribution is -2.41. The highest BCUT2D eigenvalue weighted by atomic mass is 35.5. The highest BCUT2D eigenvalue weighted by molar-refractivity contribution is 8.00. The van der Waals surface area contributed by atoms with Crippen molar-refractivity contribution in [1.82, 2.24) is 10.2 Å². The fraction of sp³-hybridized carbons (Fsp3) is 0.391. The van der Waals surface area contributed by atoms with E-state index in [0.717, 1.165) is 11.3 Å². The Kier molecular flexibility index (Phi) is 7.98. The van der Waals surface area contributed by atoms with Crippen molar-refractivity contribution < 1.29 is 14.7 Å². The highest BCUT2D eigenvalue weighted by Crippen LogP contribution is 2.36. The largest absolute Gasteiger partial charge is 0.385 e. The summed E-state index contributed by atoms with van der Waals surface area (Å²) >= 11 is 13.6. The highest BCUT2D eigenvalue weighted by Gasteiger charge is 2.35. The van der Waals surface area contributed by atoms with Gasteiger partial charge in [-0.1, -0.05) is 62.2 Å². The van der Waals surface area contributed by atoms with Crippen molar-refractivity contribution in [3.8, 4) is 0 Å². The Morgan fingerprint density at radius 1 is 1.16 bits per heavy atom. The molecule has 9 heteroatoms. The first-order valence-corrected chi connectivity index (χ1v) is 12.1. The molecule has 0 aliphatic carbocycles. The number of urea groups is 1. The molecule has 0 radical (unpaired) electrons. The van der Waals surface area contributed by atoms with E-state index in [-0.39, 0.29) is 11.9 Å². The molecule has 0 spiro atoms. The van der Waals surface area contributed by atoms with Crippen LogP contribution in [0.4, 0.5) is 10.5 Å². The summed E-state index contributed by atoms with van der Waals surface area (Å²) in [4.78, 5) is 26.5. The van der Waals surface area contributed by atoms with E-state index < -0.39 is 16.9 Å². The van der Waals surface area contributed by atoms with Crippen molar-refractivity contribution in [3.05, 3.63) is 63.6 Å². The molecular formula is C23H27Cl2N3O3S. The molecule has 0 saturated carbocycles. The van der Waals surface area contributed by atoms with Gasteiger partial charge in [0, 0.05) is 29.9 Å². The fourth-order valence-electron chi connectivity index (χ4n) is 3.18. The monoisotopic (exact) mass is 495 g/mol. The molecule has 1 aliphatic rings. The molecule has 6 nitrogen and oxygen atoms in total. The van der Waals surface area contributed by atoms with Gasteiger partial charge >= 0.3 is 6.03 Å². The van der Waals surface area contributed by atoms with Crippen LogP contribution >= 0.6 is 35.0 Å². The summed E-state index contributed by atoms with van der Waals surface area (Å²) < 4.78 is 0. The van der Waals surface area contributed by atoms with Crippen LogP contribution in [0.25, 0.3) is 0 Å². The number of amides is 3. The standard InChI is InChI=1S/C23H27Cl2N3O3S/c1-23(2,3)21(30)26-13-14-4-7-16(8-5-14)27-22(31)28-10-11-32-20(28)19(29)15-6-9-17(24)18(25)12-15/h4-9,12,19-20,29H,10-11,13H2,1-3H3,(H,26,30)(H,27,31)/t19-,20-/m0/s1. The first kappa shape index (κ1) is 24.7. The van der Waals surface area contributed by atoms with Crippen LogP contribution in [-0.4, -0.2) is 39.6 Å². The van der Waals surface area contributed by atoms with E-state index in [4.69, 9.17) is 23.2 Å². The van der Waals surface area contributed by atoms with Crippen molar-refractivity contribution in [2.75, 3.05) is 17.6 Å². The Labute approximate surface area is 202 Å². The van der Waals surface area contributed by atoms with E-state index in [9.17, 15) is 14.7 Å². The summed E-state index contributed by atoms with van der Waals surface area (Å²) in [6, 6.07) is 12.0. The van der Waals surface area contributed by atoms with Gasteiger partial charge in [-0.2, -0.15) is 0 Å². The maximum Gasteiger partial charge on any atom is 0.322 e. The minimum absolute atomic E-state index is 0.0204. The molecular weight excluding hydrogens is 469 g/mol. The lowest BCUT2D eigenvalue weighted by molar-refractivity contribution is -0.128. The third-order valence-corrected chi connectivity index (χ3v) is 7.09. The van der Waals surface area contributed by atoms with Crippen LogP contribution in [0.1, 0.15) is 38.0 Å². The Bertz CT molecular complexity index is 979. The molecule has 1 aliphatic heterocycles. The topological polar surface area (TPSA) is 81.7 Å². The average Bonchev–Trinajstić information content (AvgIpc) is 3.24. The van der Waals surface area contributed by atoms with Crippen LogP contribution in [0, 0.1) is 5.41 Å². The molecule has 1 heterocycles. The zero-order valence-electron chi connectivity index (χ0n) is 18.2. The second kappa shape index (κ2) is 10.3. The van der Waals surface area contributed by atoms with Gasteiger partial charge in [0.25, 0.3) is 0 Å². The molecule has 1 fully saturated rings. The number of halogens is 2. The number of aliphatic hydroxyl groups excluding tert-OH is 1. The Balaban J connectivity index is 1.60. The molecule has 0 unspecified atom stereocenters. The number of carbonyl (C=O) groups is 2. The Morgan fingerprint density at radius 3 is 2.47 bits per heavy atom. The van der Waals surface area contributed by atoms with Crippen LogP contribution in [0.15, 0.2) is 42.5 Å². The van der Waals surface area contributed by atoms with Crippen molar-refractivity contribution in [2.24, 2.45) is 5.41 Å². The lowest BCUT2D eigenvalue weighted by Gasteiger charge is -2.28. The summed E-state index contributed by atoms with van der Waals surface area (Å²) in [5.74, 6) is 0.705. The van der Waals surface area contributed by atoms with Gasteiger partial charge in [-0.25, -0.2) is 4.79 Å². The Morgan fingerprint density at radius 2 is 1.84 bits per heavy atom. The third-order valence-electron chi connectivity index (χ3n) is 5.08. The van der Waals surface area contributed by atoms with Crippen molar-refractivity contribution in [3.63, 3.8) is 0 Å². The van der Waals surface area contributed by atoms with Gasteiger partial charge in [0.05, 0.1) is 10.0 Å². The second-order valence-corrected chi connectivity index (χ2v) is 10.7. The minimum Gasteiger partial charge on any atom is -0.385 e. The number of hydrogen-bond acceptors (Lipinski definition) is 4. The molecule has 2 aromatic rings. The zero-order valence-corrected chi connectivity index (χ0v) is 20.5. The van der Waals surface area contributed by atoms with E-state index in [2.05, 4.69) is 10.6 Å². The minimum atomic E-state index is -0.892. The summed E-state index contributed by atoms with van der Waals surface area (Å²) in [5, 5.41) is 17.0. The summed E-state index contributed by atoms with van der Waals surface area (Å²) in [7, 11) is 0. The number of nitrogens with zero attached hydrogens (tertiary/aromatic N) is 1. The SMILES string of the molecule is CC(C)(C)C(=O)NCc1ccc(NC(=O)N2CCS[C@H]2[C@@H](O)c2ccc(Cl)c(Cl)c2)cc1. The molecule has 1 saturated heterocycles. The average molecular weight is 496 g/mol. The van der Waals surface area contributed by atoms with Gasteiger partial charge in [0.2, 0.25) is 5.91 Å². The first-order chi connectivity index (χ1) is 15.1. The van der Waals surface area contributed by atoms with Gasteiger partial charge in [-0.3, -0.25) is 4.79 Å². The number of hydrogen-bond donors (Lipinski definition) is 3. The van der Waals surface area contributed by atoms with Crippen LogP contribution in [0.3, 0.4) is 0 Å².